The number of hydrogen-bond donors (Lipinski definition) is 0. The topological polar surface area (TPSA) is 105 Å². The fraction of sp³-hybridized carbons (Fsp3) is 0.304. The summed E-state index contributed by atoms with van der Waals surface area (Å²) in [4.78, 5) is 47.9. The standard InChI is InChI=1S/C23H28O8Si2/c1-18(24)28-32(29-19(2)25,22-12-7-5-8-13-22)16-11-17-33(30-20(3)26,31-21(4)27)23-14-9-6-10-15-23/h5-10,12-15H,11,16-17H2,1-4H3. The van der Waals surface area contributed by atoms with Crippen LogP contribution in [0.2, 0.25) is 12.1 Å². The van der Waals surface area contributed by atoms with Crippen molar-refractivity contribution >= 4 is 51.4 Å². The minimum absolute atomic E-state index is 0.195. The van der Waals surface area contributed by atoms with E-state index in [4.69, 9.17) is 17.7 Å². The summed E-state index contributed by atoms with van der Waals surface area (Å²) in [6.45, 7) is 5.04. The molecule has 0 aliphatic heterocycles. The summed E-state index contributed by atoms with van der Waals surface area (Å²) < 4.78 is 22.7. The first kappa shape index (κ1) is 26.0. The molecule has 176 valence electrons. The van der Waals surface area contributed by atoms with Gasteiger partial charge >= 0.3 is 17.1 Å². The van der Waals surface area contributed by atoms with Crippen LogP contribution < -0.4 is 10.4 Å². The van der Waals surface area contributed by atoms with Crippen LogP contribution >= 0.6 is 0 Å². The Labute approximate surface area is 195 Å². The highest BCUT2D eigenvalue weighted by molar-refractivity contribution is 6.84. The van der Waals surface area contributed by atoms with E-state index >= 15 is 0 Å². The first-order valence-electron chi connectivity index (χ1n) is 10.5. The summed E-state index contributed by atoms with van der Waals surface area (Å²) in [5, 5.41) is 1.23. The van der Waals surface area contributed by atoms with E-state index in [1.54, 1.807) is 60.7 Å². The summed E-state index contributed by atoms with van der Waals surface area (Å²) in [6, 6.07) is 18.1. The Bertz CT molecular complexity index is 867. The molecule has 0 fully saturated rings. The maximum atomic E-state index is 12.0. The molecule has 0 aliphatic carbocycles. The predicted octanol–water partition coefficient (Wildman–Crippen LogP) is 2.33. The van der Waals surface area contributed by atoms with Crippen LogP contribution in [0.25, 0.3) is 0 Å². The second kappa shape index (κ2) is 11.6. The molecule has 0 heterocycles. The smallest absolute Gasteiger partial charge is 0.482 e. The number of carbonyl (C=O) groups excluding carboxylic acids is 4. The van der Waals surface area contributed by atoms with Crippen molar-refractivity contribution in [1.29, 1.82) is 0 Å². The highest BCUT2D eigenvalue weighted by Gasteiger charge is 2.50. The van der Waals surface area contributed by atoms with Crippen LogP contribution in [0, 0.1) is 0 Å². The number of hydrogen-bond acceptors (Lipinski definition) is 8. The minimum Gasteiger partial charge on any atom is -0.482 e. The third-order valence-electron chi connectivity index (χ3n) is 4.67. The zero-order chi connectivity index (χ0) is 24.5. The highest BCUT2D eigenvalue weighted by atomic mass is 28.4. The Morgan fingerprint density at radius 2 is 0.818 bits per heavy atom. The summed E-state index contributed by atoms with van der Waals surface area (Å²) >= 11 is 0. The van der Waals surface area contributed by atoms with Gasteiger partial charge in [-0.1, -0.05) is 60.7 Å². The van der Waals surface area contributed by atoms with Crippen LogP contribution in [0.4, 0.5) is 0 Å². The van der Waals surface area contributed by atoms with Gasteiger partial charge in [0.15, 0.2) is 0 Å². The van der Waals surface area contributed by atoms with Crippen molar-refractivity contribution in [2.75, 3.05) is 0 Å². The summed E-state index contributed by atoms with van der Waals surface area (Å²) in [6.07, 6.45) is 0.309. The molecule has 0 amide bonds. The molecule has 33 heavy (non-hydrogen) atoms. The van der Waals surface area contributed by atoms with Crippen molar-refractivity contribution < 1.29 is 36.9 Å². The lowest BCUT2D eigenvalue weighted by molar-refractivity contribution is -0.140. The van der Waals surface area contributed by atoms with Gasteiger partial charge in [0.25, 0.3) is 23.9 Å². The summed E-state index contributed by atoms with van der Waals surface area (Å²) in [7, 11) is -7.07. The van der Waals surface area contributed by atoms with E-state index in [2.05, 4.69) is 0 Å². The Kier molecular flexibility index (Phi) is 9.12. The number of benzene rings is 2. The van der Waals surface area contributed by atoms with Crippen LogP contribution in [0.5, 0.6) is 0 Å². The molecule has 10 heteroatoms. The number of rotatable bonds is 10. The molecule has 0 saturated carbocycles. The molecule has 2 aromatic carbocycles. The second-order valence-corrected chi connectivity index (χ2v) is 13.4. The maximum absolute atomic E-state index is 12.0. The molecule has 0 saturated heterocycles. The van der Waals surface area contributed by atoms with Crippen LogP contribution in [0.15, 0.2) is 60.7 Å². The highest BCUT2D eigenvalue weighted by Crippen LogP contribution is 2.25. The predicted molar refractivity (Wildman–Crippen MR) is 125 cm³/mol. The molecular weight excluding hydrogens is 460 g/mol. The lowest BCUT2D eigenvalue weighted by Gasteiger charge is -2.32. The van der Waals surface area contributed by atoms with E-state index in [9.17, 15) is 19.2 Å². The van der Waals surface area contributed by atoms with Crippen molar-refractivity contribution in [2.24, 2.45) is 0 Å². The van der Waals surface area contributed by atoms with Gasteiger partial charge < -0.3 is 17.7 Å². The third kappa shape index (κ3) is 7.40. The average Bonchev–Trinajstić information content (AvgIpc) is 2.73. The zero-order valence-corrected chi connectivity index (χ0v) is 21.2. The van der Waals surface area contributed by atoms with Crippen molar-refractivity contribution in [2.45, 2.75) is 46.2 Å². The quantitative estimate of drug-likeness (QED) is 0.469. The van der Waals surface area contributed by atoms with Crippen LogP contribution in [0.1, 0.15) is 34.1 Å². The molecule has 0 atom stereocenters. The molecular formula is C23H28O8Si2. The molecule has 0 radical (unpaired) electrons. The van der Waals surface area contributed by atoms with E-state index in [-0.39, 0.29) is 12.1 Å². The van der Waals surface area contributed by atoms with Crippen LogP contribution in [-0.2, 0) is 36.9 Å². The molecule has 0 bridgehead atoms. The largest absolute Gasteiger partial charge is 0.499 e. The average molecular weight is 489 g/mol. The van der Waals surface area contributed by atoms with Gasteiger partial charge in [0.05, 0.1) is 0 Å². The SMILES string of the molecule is CC(=O)O[Si](CCC[Si](OC(C)=O)(OC(C)=O)c1ccccc1)(OC(C)=O)c1ccccc1. The third-order valence-corrected chi connectivity index (χ3v) is 11.6. The van der Waals surface area contributed by atoms with Gasteiger partial charge in [0.2, 0.25) is 0 Å². The van der Waals surface area contributed by atoms with Crippen molar-refractivity contribution in [3.8, 4) is 0 Å². The number of carbonyl (C=O) groups is 4. The normalized spacial score (nSPS) is 11.3. The van der Waals surface area contributed by atoms with Gasteiger partial charge in [-0.15, -0.1) is 0 Å². The lowest BCUT2D eigenvalue weighted by Crippen LogP contribution is -2.58. The first-order chi connectivity index (χ1) is 15.6. The molecule has 0 aliphatic rings. The Balaban J connectivity index is 2.44. The van der Waals surface area contributed by atoms with Gasteiger partial charge in [-0.2, -0.15) is 0 Å². The van der Waals surface area contributed by atoms with E-state index in [1.807, 2.05) is 0 Å². The van der Waals surface area contributed by atoms with Crippen molar-refractivity contribution in [3.63, 3.8) is 0 Å². The summed E-state index contributed by atoms with van der Waals surface area (Å²) in [5.74, 6) is -2.28. The van der Waals surface area contributed by atoms with Gasteiger partial charge in [0.1, 0.15) is 0 Å². The van der Waals surface area contributed by atoms with Crippen molar-refractivity contribution in [1.82, 2.24) is 0 Å². The molecule has 0 N–H and O–H groups in total. The molecule has 0 spiro atoms. The van der Waals surface area contributed by atoms with E-state index in [0.29, 0.717) is 16.8 Å². The van der Waals surface area contributed by atoms with Gasteiger partial charge in [-0.25, -0.2) is 0 Å². The van der Waals surface area contributed by atoms with Gasteiger partial charge in [0, 0.05) is 50.2 Å². The molecule has 8 nitrogen and oxygen atoms in total. The van der Waals surface area contributed by atoms with E-state index < -0.39 is 41.0 Å². The molecule has 2 rings (SSSR count). The zero-order valence-electron chi connectivity index (χ0n) is 19.2. The first-order valence-corrected chi connectivity index (χ1v) is 14.5. The molecule has 0 unspecified atom stereocenters. The Morgan fingerprint density at radius 1 is 0.545 bits per heavy atom. The fourth-order valence-electron chi connectivity index (χ4n) is 3.64. The van der Waals surface area contributed by atoms with Crippen LogP contribution in [-0.4, -0.2) is 41.0 Å². The summed E-state index contributed by atoms with van der Waals surface area (Å²) in [5.41, 5.74) is 0. The van der Waals surface area contributed by atoms with Gasteiger partial charge in [-0.3, -0.25) is 19.2 Å². The minimum atomic E-state index is -3.54. The second-order valence-electron chi connectivity index (χ2n) is 7.47. The van der Waals surface area contributed by atoms with Gasteiger partial charge in [-0.05, 0) is 6.42 Å². The van der Waals surface area contributed by atoms with Crippen molar-refractivity contribution in [3.05, 3.63) is 60.7 Å². The molecule has 0 aromatic heterocycles. The fourth-order valence-corrected chi connectivity index (χ4v) is 10.1. The van der Waals surface area contributed by atoms with E-state index in [0.717, 1.165) is 0 Å². The van der Waals surface area contributed by atoms with E-state index in [1.165, 1.54) is 27.7 Å². The molecule has 2 aromatic rings. The maximum Gasteiger partial charge on any atom is 0.499 e. The lowest BCUT2D eigenvalue weighted by atomic mass is 10.4. The Morgan fingerprint density at radius 3 is 1.06 bits per heavy atom. The monoisotopic (exact) mass is 488 g/mol. The Hall–Kier alpha value is -3.25. The van der Waals surface area contributed by atoms with Crippen LogP contribution in [0.3, 0.4) is 0 Å².